The number of amides is 7. The molecular weight excluding hydrogens is 670 g/mol. The minimum Gasteiger partial charge on any atom is -0.370 e. The van der Waals surface area contributed by atoms with Crippen molar-refractivity contribution in [2.24, 2.45) is 28.9 Å². The number of nitrogens with one attached hydrogen (secondary N) is 5. The summed E-state index contributed by atoms with van der Waals surface area (Å²) in [6.07, 6.45) is 0.894. The molecule has 0 aliphatic carbocycles. The Hall–Kier alpha value is -5.35. The van der Waals surface area contributed by atoms with E-state index in [1.165, 1.54) is 0 Å². The molecule has 2 aromatic rings. The first-order valence-electron chi connectivity index (χ1n) is 17.3. The number of primary amides is 2. The number of benzene rings is 2. The van der Waals surface area contributed by atoms with Gasteiger partial charge in [0.2, 0.25) is 41.4 Å². The third-order valence-corrected chi connectivity index (χ3v) is 8.01. The SMILES string of the molecule is CC(C)C[C@H](NC(=O)CNC(=O)[C@H](Cc1ccccc1)NC(=O)[C@H](Cc1ccccc1)NC(=O)[C@@H](N)CCCN)C(=O)N[C@@H](CCC(N)=O)C(N)=O. The average molecular weight is 724 g/mol. The highest BCUT2D eigenvalue weighted by molar-refractivity contribution is 5.95. The van der Waals surface area contributed by atoms with Crippen molar-refractivity contribution in [2.75, 3.05) is 13.1 Å². The third-order valence-electron chi connectivity index (χ3n) is 8.01. The summed E-state index contributed by atoms with van der Waals surface area (Å²) in [5.74, 6) is -4.90. The Morgan fingerprint density at radius 3 is 1.63 bits per heavy atom. The first kappa shape index (κ1) is 42.8. The largest absolute Gasteiger partial charge is 0.370 e. The van der Waals surface area contributed by atoms with Crippen LogP contribution in [0, 0.1) is 5.92 Å². The third kappa shape index (κ3) is 16.1. The van der Waals surface area contributed by atoms with Crippen molar-refractivity contribution in [1.82, 2.24) is 26.6 Å². The minimum atomic E-state index is -1.19. The number of hydrogen-bond acceptors (Lipinski definition) is 9. The van der Waals surface area contributed by atoms with E-state index in [2.05, 4.69) is 26.6 Å². The molecule has 13 N–H and O–H groups in total. The molecule has 0 aliphatic heterocycles. The van der Waals surface area contributed by atoms with E-state index < -0.39 is 78.1 Å². The fourth-order valence-corrected chi connectivity index (χ4v) is 5.22. The quantitative estimate of drug-likeness (QED) is 0.0637. The Balaban J connectivity index is 2.21. The van der Waals surface area contributed by atoms with Gasteiger partial charge in [-0.15, -0.1) is 0 Å². The van der Waals surface area contributed by atoms with Crippen molar-refractivity contribution in [3.05, 3.63) is 71.8 Å². The normalized spacial score (nSPS) is 13.8. The predicted octanol–water partition coefficient (Wildman–Crippen LogP) is -1.61. The molecule has 2 aromatic carbocycles. The molecule has 5 atom stereocenters. The topological polar surface area (TPSA) is 284 Å². The fraction of sp³-hybridized carbons (Fsp3) is 0.472. The van der Waals surface area contributed by atoms with Gasteiger partial charge < -0.3 is 49.5 Å². The second-order valence-electron chi connectivity index (χ2n) is 13.0. The highest BCUT2D eigenvalue weighted by atomic mass is 16.2. The molecule has 0 spiro atoms. The molecule has 0 heterocycles. The number of carbonyl (C=O) groups is 7. The van der Waals surface area contributed by atoms with Crippen LogP contribution < -0.4 is 49.5 Å². The van der Waals surface area contributed by atoms with Crippen molar-refractivity contribution >= 4 is 41.4 Å². The van der Waals surface area contributed by atoms with E-state index in [0.29, 0.717) is 24.9 Å². The van der Waals surface area contributed by atoms with Gasteiger partial charge in [-0.2, -0.15) is 0 Å². The van der Waals surface area contributed by atoms with Crippen molar-refractivity contribution < 1.29 is 33.6 Å². The van der Waals surface area contributed by atoms with E-state index in [4.69, 9.17) is 22.9 Å². The van der Waals surface area contributed by atoms with E-state index >= 15 is 0 Å². The summed E-state index contributed by atoms with van der Waals surface area (Å²) in [7, 11) is 0. The molecule has 16 heteroatoms. The van der Waals surface area contributed by atoms with Crippen LogP contribution in [0.1, 0.15) is 57.1 Å². The van der Waals surface area contributed by atoms with Gasteiger partial charge in [0, 0.05) is 19.3 Å². The van der Waals surface area contributed by atoms with Crippen LogP contribution in [0.15, 0.2) is 60.7 Å². The second kappa shape index (κ2) is 22.5. The first-order chi connectivity index (χ1) is 24.7. The van der Waals surface area contributed by atoms with Crippen LogP contribution >= 0.6 is 0 Å². The molecule has 284 valence electrons. The van der Waals surface area contributed by atoms with Crippen LogP contribution in [0.4, 0.5) is 0 Å². The van der Waals surface area contributed by atoms with E-state index in [9.17, 15) is 33.6 Å². The minimum absolute atomic E-state index is 0.0558. The zero-order chi connectivity index (χ0) is 38.6. The summed E-state index contributed by atoms with van der Waals surface area (Å²) in [6.45, 7) is 3.45. The Morgan fingerprint density at radius 1 is 0.635 bits per heavy atom. The van der Waals surface area contributed by atoms with Crippen LogP contribution in [0.5, 0.6) is 0 Å². The monoisotopic (exact) mass is 723 g/mol. The Morgan fingerprint density at radius 2 is 1.13 bits per heavy atom. The summed E-state index contributed by atoms with van der Waals surface area (Å²) in [6, 6.07) is 12.5. The van der Waals surface area contributed by atoms with Crippen LogP contribution in [-0.4, -0.2) is 84.6 Å². The summed E-state index contributed by atoms with van der Waals surface area (Å²) in [4.78, 5) is 89.5. The van der Waals surface area contributed by atoms with Crippen LogP contribution in [-0.2, 0) is 46.4 Å². The maximum atomic E-state index is 13.8. The second-order valence-corrected chi connectivity index (χ2v) is 13.0. The van der Waals surface area contributed by atoms with Gasteiger partial charge in [0.25, 0.3) is 0 Å². The highest BCUT2D eigenvalue weighted by Crippen LogP contribution is 2.09. The van der Waals surface area contributed by atoms with Crippen LogP contribution in [0.25, 0.3) is 0 Å². The molecule has 0 aromatic heterocycles. The number of hydrogen-bond donors (Lipinski definition) is 9. The van der Waals surface area contributed by atoms with E-state index in [1.54, 1.807) is 54.6 Å². The number of nitrogens with two attached hydrogens (primary N) is 4. The predicted molar refractivity (Wildman–Crippen MR) is 194 cm³/mol. The van der Waals surface area contributed by atoms with Gasteiger partial charge in [0.05, 0.1) is 12.6 Å². The molecule has 7 amide bonds. The van der Waals surface area contributed by atoms with Crippen molar-refractivity contribution in [3.8, 4) is 0 Å². The van der Waals surface area contributed by atoms with E-state index in [1.807, 2.05) is 19.9 Å². The van der Waals surface area contributed by atoms with E-state index in [-0.39, 0.29) is 38.0 Å². The lowest BCUT2D eigenvalue weighted by molar-refractivity contribution is -0.133. The molecule has 0 unspecified atom stereocenters. The highest BCUT2D eigenvalue weighted by Gasteiger charge is 2.30. The van der Waals surface area contributed by atoms with Crippen LogP contribution in [0.3, 0.4) is 0 Å². The molecule has 0 aliphatic rings. The summed E-state index contributed by atoms with van der Waals surface area (Å²) in [5, 5.41) is 13.0. The zero-order valence-corrected chi connectivity index (χ0v) is 29.8. The Labute approximate surface area is 303 Å². The molecule has 2 rings (SSSR count). The lowest BCUT2D eigenvalue weighted by Gasteiger charge is -2.25. The standard InChI is InChI=1S/C36H53N9O7/c1-22(2)18-27(35(51)43-26(32(40)48)15-16-30(39)46)42-31(47)21-41-34(50)28(19-23-10-5-3-6-11-23)45-36(52)29(20-24-12-7-4-8-13-24)44-33(49)25(38)14-9-17-37/h3-8,10-13,22,25-29H,9,14-21,37-38H2,1-2H3,(H2,39,46)(H2,40,48)(H,41,50)(H,42,47)(H,43,51)(H,44,49)(H,45,52)/t25-,26-,27-,28-,29-/m0/s1. The summed E-state index contributed by atoms with van der Waals surface area (Å²) in [5.41, 5.74) is 23.6. The van der Waals surface area contributed by atoms with Gasteiger partial charge in [-0.05, 0) is 49.3 Å². The zero-order valence-electron chi connectivity index (χ0n) is 29.8. The number of carbonyl (C=O) groups excluding carboxylic acids is 7. The maximum Gasteiger partial charge on any atom is 0.243 e. The molecule has 0 bridgehead atoms. The van der Waals surface area contributed by atoms with Crippen molar-refractivity contribution in [1.29, 1.82) is 0 Å². The van der Waals surface area contributed by atoms with Gasteiger partial charge >= 0.3 is 0 Å². The molecule has 16 nitrogen and oxygen atoms in total. The molecule has 0 saturated carbocycles. The molecule has 0 fully saturated rings. The van der Waals surface area contributed by atoms with Gasteiger partial charge in [0.1, 0.15) is 24.2 Å². The fourth-order valence-electron chi connectivity index (χ4n) is 5.22. The van der Waals surface area contributed by atoms with Gasteiger partial charge in [-0.3, -0.25) is 33.6 Å². The van der Waals surface area contributed by atoms with Gasteiger partial charge in [-0.1, -0.05) is 74.5 Å². The lowest BCUT2D eigenvalue weighted by Crippen LogP contribution is -2.58. The summed E-state index contributed by atoms with van der Waals surface area (Å²) < 4.78 is 0. The molecule has 0 radical (unpaired) electrons. The lowest BCUT2D eigenvalue weighted by atomic mass is 10.0. The van der Waals surface area contributed by atoms with Crippen LogP contribution in [0.2, 0.25) is 0 Å². The molecule has 52 heavy (non-hydrogen) atoms. The van der Waals surface area contributed by atoms with E-state index in [0.717, 1.165) is 5.56 Å². The van der Waals surface area contributed by atoms with Crippen molar-refractivity contribution in [2.45, 2.75) is 89.0 Å². The average Bonchev–Trinajstić information content (AvgIpc) is 3.10. The summed E-state index contributed by atoms with van der Waals surface area (Å²) >= 11 is 0. The smallest absolute Gasteiger partial charge is 0.243 e. The van der Waals surface area contributed by atoms with Gasteiger partial charge in [-0.25, -0.2) is 0 Å². The number of rotatable bonds is 23. The molecular formula is C36H53N9O7. The van der Waals surface area contributed by atoms with Gasteiger partial charge in [0.15, 0.2) is 0 Å². The Kier molecular flexibility index (Phi) is 18.5. The molecule has 0 saturated heterocycles. The first-order valence-corrected chi connectivity index (χ1v) is 17.3. The Bertz CT molecular complexity index is 1490. The maximum absolute atomic E-state index is 13.8. The van der Waals surface area contributed by atoms with Crippen molar-refractivity contribution in [3.63, 3.8) is 0 Å².